The summed E-state index contributed by atoms with van der Waals surface area (Å²) in [6, 6.07) is 14.8. The summed E-state index contributed by atoms with van der Waals surface area (Å²) in [5.74, 6) is 1.82. The molecule has 3 aromatic heterocycles. The van der Waals surface area contributed by atoms with Crippen molar-refractivity contribution in [3.63, 3.8) is 0 Å². The van der Waals surface area contributed by atoms with E-state index in [1.807, 2.05) is 24.4 Å². The van der Waals surface area contributed by atoms with Gasteiger partial charge >= 0.3 is 0 Å². The standard InChI is InChI=1S/C27H28N6OS/c1-18-23(19-6-3-2-4-7-19)24-26(30-25(31-27(24)35-18)20-8-5-11-28-16-20)33-14-12-32(13-15-33)17-22(34)29-21-9-10-21/h2-8,11,16,21H,9-10,12-15,17H2,1H3,(H,29,34). The first-order valence-corrected chi connectivity index (χ1v) is 13.0. The van der Waals surface area contributed by atoms with E-state index in [1.165, 1.54) is 16.0 Å². The Bertz CT molecular complexity index is 1340. The van der Waals surface area contributed by atoms with Crippen LogP contribution in [0, 0.1) is 6.92 Å². The molecule has 6 rings (SSSR count). The Kier molecular flexibility index (Phi) is 5.91. The minimum Gasteiger partial charge on any atom is -0.353 e. The van der Waals surface area contributed by atoms with Gasteiger partial charge in [0, 0.05) is 60.6 Å². The van der Waals surface area contributed by atoms with Crippen LogP contribution < -0.4 is 10.2 Å². The number of anilines is 1. The van der Waals surface area contributed by atoms with Gasteiger partial charge in [-0.1, -0.05) is 30.3 Å². The average Bonchev–Trinajstić information content (AvgIpc) is 3.63. The van der Waals surface area contributed by atoms with Gasteiger partial charge in [0.05, 0.1) is 11.9 Å². The van der Waals surface area contributed by atoms with Crippen LogP contribution in [0.4, 0.5) is 5.82 Å². The van der Waals surface area contributed by atoms with E-state index in [4.69, 9.17) is 9.97 Å². The minimum atomic E-state index is 0.143. The van der Waals surface area contributed by atoms with Gasteiger partial charge in [-0.05, 0) is 37.5 Å². The summed E-state index contributed by atoms with van der Waals surface area (Å²) in [4.78, 5) is 33.5. The third kappa shape index (κ3) is 4.63. The number of carbonyl (C=O) groups is 1. The highest BCUT2D eigenvalue weighted by molar-refractivity contribution is 7.19. The third-order valence-corrected chi connectivity index (χ3v) is 7.67. The van der Waals surface area contributed by atoms with E-state index in [0.29, 0.717) is 18.4 Å². The van der Waals surface area contributed by atoms with Crippen molar-refractivity contribution in [3.8, 4) is 22.5 Å². The number of rotatable bonds is 6. The fourth-order valence-electron chi connectivity index (χ4n) is 4.72. The van der Waals surface area contributed by atoms with Gasteiger partial charge in [0.2, 0.25) is 5.91 Å². The maximum absolute atomic E-state index is 12.3. The number of aryl methyl sites for hydroxylation is 1. The molecule has 4 heterocycles. The quantitative estimate of drug-likeness (QED) is 0.444. The molecule has 1 aromatic carbocycles. The molecule has 4 aromatic rings. The molecule has 1 amide bonds. The summed E-state index contributed by atoms with van der Waals surface area (Å²) >= 11 is 1.72. The Balaban J connectivity index is 1.36. The maximum Gasteiger partial charge on any atom is 0.234 e. The van der Waals surface area contributed by atoms with Crippen molar-refractivity contribution < 1.29 is 4.79 Å². The second-order valence-corrected chi connectivity index (χ2v) is 10.5. The van der Waals surface area contributed by atoms with E-state index in [-0.39, 0.29) is 5.91 Å². The Morgan fingerprint density at radius 1 is 1.03 bits per heavy atom. The number of piperazine rings is 1. The molecule has 0 bridgehead atoms. The molecule has 1 aliphatic carbocycles. The van der Waals surface area contributed by atoms with Crippen LogP contribution in [0.25, 0.3) is 32.7 Å². The first kappa shape index (κ1) is 22.1. The predicted molar refractivity (Wildman–Crippen MR) is 141 cm³/mol. The van der Waals surface area contributed by atoms with E-state index in [0.717, 1.165) is 60.6 Å². The zero-order chi connectivity index (χ0) is 23.8. The lowest BCUT2D eigenvalue weighted by atomic mass is 10.0. The van der Waals surface area contributed by atoms with E-state index >= 15 is 0 Å². The number of amides is 1. The van der Waals surface area contributed by atoms with Gasteiger partial charge in [0.15, 0.2) is 5.82 Å². The number of hydrogen-bond donors (Lipinski definition) is 1. The van der Waals surface area contributed by atoms with Gasteiger partial charge in [0.25, 0.3) is 0 Å². The van der Waals surface area contributed by atoms with Gasteiger partial charge in [0.1, 0.15) is 10.6 Å². The topological polar surface area (TPSA) is 74.2 Å². The van der Waals surface area contributed by atoms with Crippen LogP contribution >= 0.6 is 11.3 Å². The predicted octanol–water partition coefficient (Wildman–Crippen LogP) is 4.13. The van der Waals surface area contributed by atoms with Crippen LogP contribution in [0.1, 0.15) is 17.7 Å². The second kappa shape index (κ2) is 9.36. The normalized spacial score (nSPS) is 16.5. The van der Waals surface area contributed by atoms with Crippen LogP contribution in [0.3, 0.4) is 0 Å². The molecule has 0 unspecified atom stereocenters. The molecule has 2 fully saturated rings. The van der Waals surface area contributed by atoms with Crippen LogP contribution in [0.5, 0.6) is 0 Å². The van der Waals surface area contributed by atoms with Crippen molar-refractivity contribution in [2.24, 2.45) is 0 Å². The highest BCUT2D eigenvalue weighted by Crippen LogP contribution is 2.42. The Labute approximate surface area is 208 Å². The largest absolute Gasteiger partial charge is 0.353 e. The van der Waals surface area contributed by atoms with Gasteiger partial charge in [-0.3, -0.25) is 14.7 Å². The summed E-state index contributed by atoms with van der Waals surface area (Å²) < 4.78 is 0. The Morgan fingerprint density at radius 2 is 1.80 bits per heavy atom. The number of pyridine rings is 1. The van der Waals surface area contributed by atoms with Gasteiger partial charge < -0.3 is 10.2 Å². The molecule has 35 heavy (non-hydrogen) atoms. The van der Waals surface area contributed by atoms with E-state index in [2.05, 4.69) is 51.3 Å². The molecule has 178 valence electrons. The summed E-state index contributed by atoms with van der Waals surface area (Å²) in [7, 11) is 0. The highest BCUT2D eigenvalue weighted by atomic mass is 32.1. The van der Waals surface area contributed by atoms with Gasteiger partial charge in [-0.25, -0.2) is 9.97 Å². The molecule has 1 saturated heterocycles. The molecular formula is C27H28N6OS. The third-order valence-electron chi connectivity index (χ3n) is 6.67. The first-order chi connectivity index (χ1) is 17.2. The number of nitrogens with zero attached hydrogens (tertiary/aromatic N) is 5. The smallest absolute Gasteiger partial charge is 0.234 e. The average molecular weight is 485 g/mol. The zero-order valence-electron chi connectivity index (χ0n) is 19.8. The number of hydrogen-bond acceptors (Lipinski definition) is 7. The van der Waals surface area contributed by atoms with Gasteiger partial charge in [-0.15, -0.1) is 11.3 Å². The molecule has 0 spiro atoms. The molecule has 0 atom stereocenters. The highest BCUT2D eigenvalue weighted by Gasteiger charge is 2.28. The zero-order valence-corrected chi connectivity index (χ0v) is 20.6. The van der Waals surface area contributed by atoms with E-state index in [1.54, 1.807) is 17.5 Å². The van der Waals surface area contributed by atoms with Crippen molar-refractivity contribution in [2.75, 3.05) is 37.6 Å². The summed E-state index contributed by atoms with van der Waals surface area (Å²) in [6.07, 6.45) is 5.82. The number of thiophene rings is 1. The van der Waals surface area contributed by atoms with Crippen LogP contribution in [-0.4, -0.2) is 64.5 Å². The molecule has 1 aliphatic heterocycles. The van der Waals surface area contributed by atoms with Crippen molar-refractivity contribution in [3.05, 3.63) is 59.7 Å². The molecule has 1 saturated carbocycles. The van der Waals surface area contributed by atoms with Crippen molar-refractivity contribution in [1.82, 2.24) is 25.2 Å². The fraction of sp³-hybridized carbons (Fsp3) is 0.333. The molecule has 1 N–H and O–H groups in total. The maximum atomic E-state index is 12.3. The monoisotopic (exact) mass is 484 g/mol. The number of aromatic nitrogens is 3. The van der Waals surface area contributed by atoms with E-state index < -0.39 is 0 Å². The lowest BCUT2D eigenvalue weighted by Crippen LogP contribution is -2.50. The lowest BCUT2D eigenvalue weighted by molar-refractivity contribution is -0.122. The molecular weight excluding hydrogens is 456 g/mol. The number of fused-ring (bicyclic) bond motifs is 1. The number of nitrogens with one attached hydrogen (secondary N) is 1. The van der Waals surface area contributed by atoms with Crippen LogP contribution in [-0.2, 0) is 4.79 Å². The van der Waals surface area contributed by atoms with Gasteiger partial charge in [-0.2, -0.15) is 0 Å². The molecule has 7 nitrogen and oxygen atoms in total. The van der Waals surface area contributed by atoms with E-state index in [9.17, 15) is 4.79 Å². The Morgan fingerprint density at radius 3 is 2.51 bits per heavy atom. The van der Waals surface area contributed by atoms with Crippen molar-refractivity contribution >= 4 is 33.3 Å². The summed E-state index contributed by atoms with van der Waals surface area (Å²) in [5.41, 5.74) is 3.31. The van der Waals surface area contributed by atoms with Crippen LogP contribution in [0.15, 0.2) is 54.9 Å². The minimum absolute atomic E-state index is 0.143. The lowest BCUT2D eigenvalue weighted by Gasteiger charge is -2.35. The fourth-order valence-corrected chi connectivity index (χ4v) is 5.76. The summed E-state index contributed by atoms with van der Waals surface area (Å²) in [5, 5.41) is 4.22. The molecule has 0 radical (unpaired) electrons. The number of benzene rings is 1. The first-order valence-electron chi connectivity index (χ1n) is 12.2. The van der Waals surface area contributed by atoms with Crippen molar-refractivity contribution in [2.45, 2.75) is 25.8 Å². The molecule has 2 aliphatic rings. The molecule has 8 heteroatoms. The SMILES string of the molecule is Cc1sc2nc(-c3cccnc3)nc(N3CCN(CC(=O)NC4CC4)CC3)c2c1-c1ccccc1. The second-order valence-electron chi connectivity index (χ2n) is 9.30. The summed E-state index contributed by atoms with van der Waals surface area (Å²) in [6.45, 7) is 5.93. The Hall–Kier alpha value is -3.36. The van der Waals surface area contributed by atoms with Crippen LogP contribution in [0.2, 0.25) is 0 Å². The van der Waals surface area contributed by atoms with Crippen molar-refractivity contribution in [1.29, 1.82) is 0 Å². The number of carbonyl (C=O) groups excluding carboxylic acids is 1.